The zero-order chi connectivity index (χ0) is 25.1. The number of halogens is 2. The Morgan fingerprint density at radius 1 is 0.944 bits per heavy atom. The highest BCUT2D eigenvalue weighted by molar-refractivity contribution is 6.06. The van der Waals surface area contributed by atoms with Gasteiger partial charge in [0, 0.05) is 43.5 Å². The van der Waals surface area contributed by atoms with Crippen LogP contribution >= 0.6 is 0 Å². The Balaban J connectivity index is 1.22. The van der Waals surface area contributed by atoms with E-state index in [2.05, 4.69) is 15.0 Å². The van der Waals surface area contributed by atoms with Crippen LogP contribution in [0.4, 0.5) is 20.3 Å². The predicted octanol–water partition coefficient (Wildman–Crippen LogP) is 3.63. The first-order valence-corrected chi connectivity index (χ1v) is 11.2. The maximum atomic E-state index is 12.9. The summed E-state index contributed by atoms with van der Waals surface area (Å²) < 4.78 is 39.6. The van der Waals surface area contributed by atoms with Crippen LogP contribution in [0.2, 0.25) is 0 Å². The highest BCUT2D eigenvalue weighted by Gasteiger charge is 2.25. The normalized spacial score (nSPS) is 14.6. The third-order valence-corrected chi connectivity index (χ3v) is 5.86. The molecule has 5 rings (SSSR count). The van der Waals surface area contributed by atoms with E-state index in [1.54, 1.807) is 41.4 Å². The lowest BCUT2D eigenvalue weighted by Gasteiger charge is -2.36. The van der Waals surface area contributed by atoms with Gasteiger partial charge in [0.05, 0.1) is 5.69 Å². The molecule has 1 saturated heterocycles. The number of nitrogens with zero attached hydrogens (tertiary/aromatic N) is 3. The Bertz CT molecular complexity index is 1260. The monoisotopic (exact) mass is 496 g/mol. The molecule has 1 fully saturated rings. The molecule has 11 heteroatoms. The van der Waals surface area contributed by atoms with E-state index in [-0.39, 0.29) is 24.4 Å². The molecule has 0 saturated carbocycles. The van der Waals surface area contributed by atoms with Crippen molar-refractivity contribution in [1.29, 1.82) is 0 Å². The first-order chi connectivity index (χ1) is 17.5. The van der Waals surface area contributed by atoms with Gasteiger partial charge in [-0.05, 0) is 54.6 Å². The van der Waals surface area contributed by atoms with Crippen LogP contribution in [-0.2, 0) is 0 Å². The number of nitrogens with one attached hydrogen (secondary N) is 1. The van der Waals surface area contributed by atoms with Crippen LogP contribution in [-0.4, -0.2) is 61.3 Å². The number of alkyl halides is 2. The highest BCUT2D eigenvalue weighted by atomic mass is 19.3. The third kappa shape index (κ3) is 4.99. The minimum atomic E-state index is -2.92. The lowest BCUT2D eigenvalue weighted by molar-refractivity contribution is -0.0498. The summed E-state index contributed by atoms with van der Waals surface area (Å²) in [4.78, 5) is 33.9. The smallest absolute Gasteiger partial charge is 0.387 e. The number of ether oxygens (including phenoxy) is 3. The second-order valence-electron chi connectivity index (χ2n) is 8.08. The molecule has 2 aromatic carbocycles. The van der Waals surface area contributed by atoms with Crippen molar-refractivity contribution in [3.8, 4) is 17.2 Å². The summed E-state index contributed by atoms with van der Waals surface area (Å²) in [7, 11) is 0. The molecule has 0 atom stereocenters. The van der Waals surface area contributed by atoms with Gasteiger partial charge >= 0.3 is 6.61 Å². The van der Waals surface area contributed by atoms with Gasteiger partial charge in [-0.15, -0.1) is 0 Å². The molecule has 186 valence electrons. The van der Waals surface area contributed by atoms with E-state index in [1.165, 1.54) is 24.3 Å². The Kier molecular flexibility index (Phi) is 6.52. The van der Waals surface area contributed by atoms with Gasteiger partial charge < -0.3 is 29.3 Å². The van der Waals surface area contributed by atoms with Crippen LogP contribution in [0.5, 0.6) is 17.2 Å². The van der Waals surface area contributed by atoms with Gasteiger partial charge in [-0.2, -0.15) is 8.78 Å². The lowest BCUT2D eigenvalue weighted by Crippen LogP contribution is -2.49. The number of hydrogen-bond donors (Lipinski definition) is 1. The Labute approximate surface area is 205 Å². The minimum Gasteiger partial charge on any atom is -0.454 e. The van der Waals surface area contributed by atoms with Crippen LogP contribution in [0.3, 0.4) is 0 Å². The fraction of sp³-hybridized carbons (Fsp3) is 0.240. The molecule has 9 nitrogen and oxygen atoms in total. The van der Waals surface area contributed by atoms with Crippen LogP contribution in [0, 0.1) is 0 Å². The van der Waals surface area contributed by atoms with E-state index < -0.39 is 6.61 Å². The molecule has 0 aliphatic carbocycles. The minimum absolute atomic E-state index is 0.00292. The molecule has 0 spiro atoms. The number of hydrogen-bond acceptors (Lipinski definition) is 7. The number of fused-ring (bicyclic) bond motifs is 1. The number of pyridine rings is 1. The summed E-state index contributed by atoms with van der Waals surface area (Å²) in [6.07, 6.45) is 1.64. The number of carbonyl (C=O) groups excluding carboxylic acids is 2. The largest absolute Gasteiger partial charge is 0.454 e. The van der Waals surface area contributed by atoms with E-state index in [9.17, 15) is 18.4 Å². The van der Waals surface area contributed by atoms with E-state index in [4.69, 9.17) is 9.47 Å². The molecule has 0 unspecified atom stereocenters. The van der Waals surface area contributed by atoms with Gasteiger partial charge in [0.1, 0.15) is 5.75 Å². The van der Waals surface area contributed by atoms with E-state index in [0.717, 1.165) is 0 Å². The molecule has 2 aliphatic heterocycles. The molecule has 36 heavy (non-hydrogen) atoms. The number of piperazine rings is 1. The summed E-state index contributed by atoms with van der Waals surface area (Å²) in [6.45, 7) is -0.928. The first kappa shape index (κ1) is 23.3. The number of amides is 2. The predicted molar refractivity (Wildman–Crippen MR) is 126 cm³/mol. The van der Waals surface area contributed by atoms with Crippen molar-refractivity contribution in [2.24, 2.45) is 0 Å². The third-order valence-electron chi connectivity index (χ3n) is 5.86. The molecule has 1 aromatic heterocycles. The number of carbonyl (C=O) groups is 2. The molecule has 0 radical (unpaired) electrons. The van der Waals surface area contributed by atoms with Crippen molar-refractivity contribution in [3.63, 3.8) is 0 Å². The summed E-state index contributed by atoms with van der Waals surface area (Å²) >= 11 is 0. The van der Waals surface area contributed by atoms with Gasteiger partial charge in [-0.25, -0.2) is 4.98 Å². The highest BCUT2D eigenvalue weighted by Crippen LogP contribution is 2.33. The number of benzene rings is 2. The van der Waals surface area contributed by atoms with Gasteiger partial charge in [0.25, 0.3) is 11.8 Å². The quantitative estimate of drug-likeness (QED) is 0.557. The molecule has 0 bridgehead atoms. The lowest BCUT2D eigenvalue weighted by atomic mass is 10.1. The molecule has 2 amide bonds. The topological polar surface area (TPSA) is 93.2 Å². The van der Waals surface area contributed by atoms with Crippen molar-refractivity contribution in [2.75, 3.05) is 43.2 Å². The summed E-state index contributed by atoms with van der Waals surface area (Å²) in [5.41, 5.74) is 1.36. The van der Waals surface area contributed by atoms with Crippen molar-refractivity contribution < 1.29 is 32.6 Å². The van der Waals surface area contributed by atoms with Crippen molar-refractivity contribution in [1.82, 2.24) is 9.88 Å². The van der Waals surface area contributed by atoms with Crippen LogP contribution in [0.15, 0.2) is 60.8 Å². The Hall–Kier alpha value is -4.41. The van der Waals surface area contributed by atoms with Crippen LogP contribution in [0.25, 0.3) is 0 Å². The van der Waals surface area contributed by atoms with Crippen LogP contribution < -0.4 is 24.4 Å². The van der Waals surface area contributed by atoms with Gasteiger partial charge in [0.2, 0.25) is 6.79 Å². The molecule has 3 aromatic rings. The average Bonchev–Trinajstić information content (AvgIpc) is 3.37. The van der Waals surface area contributed by atoms with E-state index >= 15 is 0 Å². The zero-order valence-corrected chi connectivity index (χ0v) is 19.0. The zero-order valence-electron chi connectivity index (χ0n) is 19.0. The van der Waals surface area contributed by atoms with Gasteiger partial charge in [-0.3, -0.25) is 9.59 Å². The van der Waals surface area contributed by atoms with E-state index in [1.807, 2.05) is 4.90 Å². The second kappa shape index (κ2) is 10.1. The van der Waals surface area contributed by atoms with Gasteiger partial charge in [-0.1, -0.05) is 0 Å². The maximum Gasteiger partial charge on any atom is 0.387 e. The number of anilines is 2. The maximum absolute atomic E-state index is 12.9. The molecule has 3 heterocycles. The van der Waals surface area contributed by atoms with Crippen molar-refractivity contribution in [2.45, 2.75) is 6.61 Å². The SMILES string of the molecule is O=C(Nc1cccnc1N1CCN(C(=O)c2ccc(OC(F)F)cc2)CC1)c1ccc2c(c1)OCO2. The van der Waals surface area contributed by atoms with E-state index in [0.29, 0.717) is 60.3 Å². The molecular weight excluding hydrogens is 474 g/mol. The Morgan fingerprint density at radius 2 is 1.67 bits per heavy atom. The van der Waals surface area contributed by atoms with Crippen molar-refractivity contribution in [3.05, 3.63) is 71.9 Å². The van der Waals surface area contributed by atoms with Crippen molar-refractivity contribution >= 4 is 23.3 Å². The molecule has 1 N–H and O–H groups in total. The number of aromatic nitrogens is 1. The summed E-state index contributed by atoms with van der Waals surface area (Å²) in [6, 6.07) is 14.1. The standard InChI is InChI=1S/C25H22F2N4O5/c26-25(27)36-18-6-3-16(4-7-18)24(33)31-12-10-30(11-13-31)22-19(2-1-9-28-22)29-23(32)17-5-8-20-21(14-17)35-15-34-20/h1-9,14,25H,10-13,15H2,(H,29,32). The van der Waals surface area contributed by atoms with Gasteiger partial charge in [0.15, 0.2) is 17.3 Å². The molecule has 2 aliphatic rings. The average molecular weight is 496 g/mol. The summed E-state index contributed by atoms with van der Waals surface area (Å²) in [5.74, 6) is 1.21. The fourth-order valence-corrected chi connectivity index (χ4v) is 4.06. The van der Waals surface area contributed by atoms with Crippen LogP contribution in [0.1, 0.15) is 20.7 Å². The first-order valence-electron chi connectivity index (χ1n) is 11.2. The fourth-order valence-electron chi connectivity index (χ4n) is 4.06. The summed E-state index contributed by atoms with van der Waals surface area (Å²) in [5, 5.41) is 2.91. The second-order valence-corrected chi connectivity index (χ2v) is 8.08. The molecular formula is C25H22F2N4O5. The Morgan fingerprint density at radius 3 is 2.42 bits per heavy atom. The number of rotatable bonds is 6.